The Bertz CT molecular complexity index is 1290. The number of nitrogens with one attached hydrogen (secondary N) is 1. The molecule has 6 heteroatoms. The predicted octanol–water partition coefficient (Wildman–Crippen LogP) is 3.76. The molecule has 0 fully saturated rings. The van der Waals surface area contributed by atoms with Crippen LogP contribution in [-0.2, 0) is 0 Å². The van der Waals surface area contributed by atoms with E-state index < -0.39 is 0 Å². The number of aryl methyl sites for hydroxylation is 1. The van der Waals surface area contributed by atoms with Gasteiger partial charge in [0.1, 0.15) is 5.69 Å². The molecule has 0 saturated carbocycles. The number of imidazole rings is 1. The van der Waals surface area contributed by atoms with E-state index in [-0.39, 0.29) is 5.91 Å². The van der Waals surface area contributed by atoms with E-state index in [0.29, 0.717) is 11.3 Å². The Morgan fingerprint density at radius 3 is 2.77 bits per heavy atom. The lowest BCUT2D eigenvalue weighted by molar-refractivity contribution is 0.102. The summed E-state index contributed by atoms with van der Waals surface area (Å²) in [6, 6.07) is 16.9. The van der Waals surface area contributed by atoms with E-state index in [2.05, 4.69) is 27.2 Å². The van der Waals surface area contributed by atoms with E-state index in [4.69, 9.17) is 0 Å². The molecule has 0 unspecified atom stereocenters. The molecule has 4 rings (SSSR count). The van der Waals surface area contributed by atoms with Gasteiger partial charge in [-0.05, 0) is 60.9 Å². The van der Waals surface area contributed by atoms with Gasteiger partial charge in [0.05, 0.1) is 6.20 Å². The standard InChI is InChI=1S/C24H21N5O/c1-17-9-10-19(24(30)27-20-6-4-7-21(15-20)28(2)3)14-18(17)11-12-22-16-25-23-8-5-13-26-29(22)23/h4-10,13-16H,1-3H3,(H,27,30). The maximum Gasteiger partial charge on any atom is 0.255 e. The van der Waals surface area contributed by atoms with Crippen LogP contribution < -0.4 is 10.2 Å². The molecule has 0 saturated heterocycles. The smallest absolute Gasteiger partial charge is 0.255 e. The molecule has 4 aromatic rings. The zero-order chi connectivity index (χ0) is 21.1. The SMILES string of the molecule is Cc1ccc(C(=O)Nc2cccc(N(C)C)c2)cc1C#Cc1cnc2cccnn12. The molecule has 0 aliphatic rings. The molecule has 148 valence electrons. The van der Waals surface area contributed by atoms with Crippen LogP contribution in [0.15, 0.2) is 67.0 Å². The largest absolute Gasteiger partial charge is 0.378 e. The van der Waals surface area contributed by atoms with Gasteiger partial charge in [-0.15, -0.1) is 0 Å². The quantitative estimate of drug-likeness (QED) is 0.537. The third-order valence-electron chi connectivity index (χ3n) is 4.72. The van der Waals surface area contributed by atoms with Crippen molar-refractivity contribution in [2.75, 3.05) is 24.3 Å². The zero-order valence-corrected chi connectivity index (χ0v) is 17.0. The first-order valence-corrected chi connectivity index (χ1v) is 9.51. The fourth-order valence-corrected chi connectivity index (χ4v) is 3.01. The van der Waals surface area contributed by atoms with Gasteiger partial charge in [-0.1, -0.05) is 18.1 Å². The molecule has 0 bridgehead atoms. The molecule has 1 amide bonds. The number of fused-ring (bicyclic) bond motifs is 1. The van der Waals surface area contributed by atoms with Crippen molar-refractivity contribution in [3.05, 3.63) is 89.4 Å². The number of rotatable bonds is 3. The van der Waals surface area contributed by atoms with Gasteiger partial charge in [0.2, 0.25) is 0 Å². The average molecular weight is 395 g/mol. The summed E-state index contributed by atoms with van der Waals surface area (Å²) in [6.45, 7) is 1.97. The molecule has 0 radical (unpaired) electrons. The summed E-state index contributed by atoms with van der Waals surface area (Å²) in [4.78, 5) is 19.1. The van der Waals surface area contributed by atoms with Crippen LogP contribution in [0.4, 0.5) is 11.4 Å². The van der Waals surface area contributed by atoms with Gasteiger partial charge in [-0.2, -0.15) is 5.10 Å². The lowest BCUT2D eigenvalue weighted by Crippen LogP contribution is -2.13. The second kappa shape index (κ2) is 8.10. The molecular weight excluding hydrogens is 374 g/mol. The normalized spacial score (nSPS) is 10.4. The van der Waals surface area contributed by atoms with Gasteiger partial charge in [0.15, 0.2) is 5.65 Å². The number of amides is 1. The fraction of sp³-hybridized carbons (Fsp3) is 0.125. The molecule has 0 spiro atoms. The van der Waals surface area contributed by atoms with Gasteiger partial charge >= 0.3 is 0 Å². The summed E-state index contributed by atoms with van der Waals surface area (Å²) < 4.78 is 1.69. The van der Waals surface area contributed by atoms with Crippen LogP contribution in [0.2, 0.25) is 0 Å². The third kappa shape index (κ3) is 4.01. The Hall–Kier alpha value is -4.11. The van der Waals surface area contributed by atoms with E-state index >= 15 is 0 Å². The van der Waals surface area contributed by atoms with E-state index in [0.717, 1.165) is 28.1 Å². The molecule has 0 atom stereocenters. The second-order valence-corrected chi connectivity index (χ2v) is 7.12. The molecule has 1 N–H and O–H groups in total. The van der Waals surface area contributed by atoms with E-state index in [1.54, 1.807) is 23.0 Å². The minimum atomic E-state index is -0.176. The third-order valence-corrected chi connectivity index (χ3v) is 4.72. The van der Waals surface area contributed by atoms with E-state index in [1.807, 2.05) is 74.4 Å². The molecule has 2 aromatic heterocycles. The molecular formula is C24H21N5O. The first-order chi connectivity index (χ1) is 14.5. The van der Waals surface area contributed by atoms with E-state index in [1.165, 1.54) is 0 Å². The van der Waals surface area contributed by atoms with Crippen LogP contribution in [-0.4, -0.2) is 34.6 Å². The highest BCUT2D eigenvalue weighted by atomic mass is 16.1. The van der Waals surface area contributed by atoms with Crippen LogP contribution in [0.1, 0.15) is 27.2 Å². The van der Waals surface area contributed by atoms with Crippen LogP contribution in [0.3, 0.4) is 0 Å². The number of nitrogens with zero attached hydrogens (tertiary/aromatic N) is 4. The van der Waals surface area contributed by atoms with Crippen molar-refractivity contribution < 1.29 is 4.79 Å². The highest BCUT2D eigenvalue weighted by Crippen LogP contribution is 2.19. The number of anilines is 2. The average Bonchev–Trinajstić information content (AvgIpc) is 3.16. The van der Waals surface area contributed by atoms with Gasteiger partial charge in [0, 0.05) is 42.8 Å². The van der Waals surface area contributed by atoms with Gasteiger partial charge < -0.3 is 10.2 Å². The van der Waals surface area contributed by atoms with Gasteiger partial charge in [-0.3, -0.25) is 4.79 Å². The summed E-state index contributed by atoms with van der Waals surface area (Å²) in [7, 11) is 3.93. The lowest BCUT2D eigenvalue weighted by atomic mass is 10.0. The highest BCUT2D eigenvalue weighted by molar-refractivity contribution is 6.04. The van der Waals surface area contributed by atoms with E-state index in [9.17, 15) is 4.79 Å². The van der Waals surface area contributed by atoms with Crippen molar-refractivity contribution in [2.45, 2.75) is 6.92 Å². The second-order valence-electron chi connectivity index (χ2n) is 7.12. The molecule has 30 heavy (non-hydrogen) atoms. The maximum atomic E-state index is 12.8. The summed E-state index contributed by atoms with van der Waals surface area (Å²) in [5.74, 6) is 6.09. The number of carbonyl (C=O) groups is 1. The van der Waals surface area contributed by atoms with Crippen molar-refractivity contribution in [3.8, 4) is 11.8 Å². The van der Waals surface area contributed by atoms with Crippen LogP contribution in [0, 0.1) is 18.8 Å². The molecule has 2 aromatic carbocycles. The Morgan fingerprint density at radius 2 is 1.93 bits per heavy atom. The number of hydrogen-bond donors (Lipinski definition) is 1. The molecule has 0 aliphatic carbocycles. The molecule has 6 nitrogen and oxygen atoms in total. The topological polar surface area (TPSA) is 62.5 Å². The van der Waals surface area contributed by atoms with Crippen molar-refractivity contribution in [1.29, 1.82) is 0 Å². The summed E-state index contributed by atoms with van der Waals surface area (Å²) in [5, 5.41) is 7.23. The monoisotopic (exact) mass is 395 g/mol. The predicted molar refractivity (Wildman–Crippen MR) is 119 cm³/mol. The lowest BCUT2D eigenvalue weighted by Gasteiger charge is -2.14. The van der Waals surface area contributed by atoms with Gasteiger partial charge in [0.25, 0.3) is 5.91 Å². The van der Waals surface area contributed by atoms with Crippen molar-refractivity contribution in [1.82, 2.24) is 14.6 Å². The van der Waals surface area contributed by atoms with Crippen LogP contribution in [0.25, 0.3) is 5.65 Å². The summed E-state index contributed by atoms with van der Waals surface area (Å²) in [6.07, 6.45) is 3.39. The highest BCUT2D eigenvalue weighted by Gasteiger charge is 2.09. The van der Waals surface area contributed by atoms with Crippen LogP contribution in [0.5, 0.6) is 0 Å². The maximum absolute atomic E-state index is 12.8. The Balaban J connectivity index is 1.59. The molecule has 2 heterocycles. The number of hydrogen-bond acceptors (Lipinski definition) is 4. The number of aromatic nitrogens is 3. The van der Waals surface area contributed by atoms with Crippen molar-refractivity contribution in [2.24, 2.45) is 0 Å². The zero-order valence-electron chi connectivity index (χ0n) is 17.0. The first kappa shape index (κ1) is 19.2. The number of carbonyl (C=O) groups excluding carboxylic acids is 1. The van der Waals surface area contributed by atoms with Gasteiger partial charge in [-0.25, -0.2) is 9.50 Å². The minimum Gasteiger partial charge on any atom is -0.378 e. The summed E-state index contributed by atoms with van der Waals surface area (Å²) in [5.41, 5.74) is 5.54. The summed E-state index contributed by atoms with van der Waals surface area (Å²) >= 11 is 0. The van der Waals surface area contributed by atoms with Crippen LogP contribution >= 0.6 is 0 Å². The van der Waals surface area contributed by atoms with Crippen molar-refractivity contribution in [3.63, 3.8) is 0 Å². The minimum absolute atomic E-state index is 0.176. The Morgan fingerprint density at radius 1 is 1.07 bits per heavy atom. The number of benzene rings is 2. The first-order valence-electron chi connectivity index (χ1n) is 9.51. The van der Waals surface area contributed by atoms with Crippen molar-refractivity contribution >= 4 is 22.9 Å². The Labute approximate surface area is 175 Å². The Kier molecular flexibility index (Phi) is 5.19. The fourth-order valence-electron chi connectivity index (χ4n) is 3.01. The molecule has 0 aliphatic heterocycles.